The second-order valence-electron chi connectivity index (χ2n) is 8.69. The van der Waals surface area contributed by atoms with Crippen molar-refractivity contribution in [2.75, 3.05) is 46.2 Å². The average Bonchev–Trinajstić information content (AvgIpc) is 3.11. The molecule has 2 aromatic carbocycles. The zero-order chi connectivity index (χ0) is 27.2. The van der Waals surface area contributed by atoms with Gasteiger partial charge in [0.05, 0.1) is 0 Å². The number of halogens is 1. The van der Waals surface area contributed by atoms with E-state index in [9.17, 15) is 9.59 Å². The first-order valence-corrected chi connectivity index (χ1v) is 14.5. The van der Waals surface area contributed by atoms with Gasteiger partial charge >= 0.3 is 233 Å². The van der Waals surface area contributed by atoms with E-state index in [1.54, 1.807) is 38.6 Å². The molecule has 1 aliphatic rings. The average molecular weight is 601 g/mol. The topological polar surface area (TPSA) is 132 Å². The predicted octanol–water partition coefficient (Wildman–Crippen LogP) is 0.524. The molecule has 200 valence electrons. The number of anilines is 2. The first kappa shape index (κ1) is 27.7. The summed E-state index contributed by atoms with van der Waals surface area (Å²) in [4.78, 5) is 34.9. The molecule has 0 saturated heterocycles. The van der Waals surface area contributed by atoms with Crippen LogP contribution in [0.2, 0.25) is 5.02 Å². The molecule has 1 aliphatic heterocycles. The molecule has 1 aromatic heterocycles. The molecule has 2 heterocycles. The van der Waals surface area contributed by atoms with E-state index in [-0.39, 0.29) is 5.91 Å². The number of methoxy groups -OCH3 is 2. The number of carbonyl (C=O) groups excluding carboxylic acids is 2. The number of aromatic nitrogens is 2. The molecule has 4 N–H and O–H groups in total. The summed E-state index contributed by atoms with van der Waals surface area (Å²) >= 11 is 5.43. The summed E-state index contributed by atoms with van der Waals surface area (Å²) in [6.07, 6.45) is 3.26. The summed E-state index contributed by atoms with van der Waals surface area (Å²) in [7, 11) is 4.86. The molecule has 0 aliphatic carbocycles. The van der Waals surface area contributed by atoms with Gasteiger partial charge in [-0.3, -0.25) is 0 Å². The number of amides is 2. The Balaban J connectivity index is 1.58. The zero-order valence-electron chi connectivity index (χ0n) is 21.4. The Morgan fingerprint density at radius 3 is 2.47 bits per heavy atom. The molecule has 0 saturated carbocycles. The van der Waals surface area contributed by atoms with Gasteiger partial charge in [-0.25, -0.2) is 0 Å². The van der Waals surface area contributed by atoms with E-state index < -0.39 is 21.7 Å². The van der Waals surface area contributed by atoms with Crippen LogP contribution in [0.3, 0.4) is 0 Å². The minimum atomic E-state index is -0.986. The van der Waals surface area contributed by atoms with Gasteiger partial charge in [-0.2, -0.15) is 0 Å². The number of rotatable bonds is 9. The zero-order valence-corrected chi connectivity index (χ0v) is 24.3. The Bertz CT molecular complexity index is 1360. The van der Waals surface area contributed by atoms with Gasteiger partial charge in [0.15, 0.2) is 0 Å². The van der Waals surface area contributed by atoms with E-state index in [4.69, 9.17) is 31.8 Å². The van der Waals surface area contributed by atoms with E-state index in [2.05, 4.69) is 32.7 Å². The number of carbonyl (C=O) groups is 2. The number of likely N-dealkylation sites (N-methyl/N-ethyl adjacent to an activating group) is 1. The molecule has 0 radical (unpaired) electrons. The molecule has 0 fully saturated rings. The molecule has 4 rings (SSSR count). The molecule has 3 aromatic rings. The van der Waals surface area contributed by atoms with Gasteiger partial charge in [0.1, 0.15) is 0 Å². The van der Waals surface area contributed by atoms with Gasteiger partial charge in [-0.1, -0.05) is 0 Å². The molecule has 10 nitrogen and oxygen atoms in total. The van der Waals surface area contributed by atoms with Crippen molar-refractivity contribution in [1.29, 1.82) is 0 Å². The number of benzene rings is 2. The number of hydrogen-bond acceptors (Lipinski definition) is 8. The van der Waals surface area contributed by atoms with Crippen molar-refractivity contribution in [1.82, 2.24) is 20.2 Å². The molecule has 0 bridgehead atoms. The fourth-order valence-electron chi connectivity index (χ4n) is 4.23. The fraction of sp³-hybridized carbons (Fsp3) is 0.308. The third kappa shape index (κ3) is 6.56. The Morgan fingerprint density at radius 1 is 1.11 bits per heavy atom. The second kappa shape index (κ2) is 12.5. The first-order valence-electron chi connectivity index (χ1n) is 12.0. The summed E-state index contributed by atoms with van der Waals surface area (Å²) in [5, 5.41) is 6.19. The summed E-state index contributed by atoms with van der Waals surface area (Å²) in [5.74, 6) is 1.19. The predicted molar refractivity (Wildman–Crippen MR) is 149 cm³/mol. The van der Waals surface area contributed by atoms with Gasteiger partial charge in [0.25, 0.3) is 0 Å². The van der Waals surface area contributed by atoms with Gasteiger partial charge in [-0.15, -0.1) is 0 Å². The van der Waals surface area contributed by atoms with Crippen LogP contribution in [0.25, 0.3) is 0 Å². The van der Waals surface area contributed by atoms with Crippen LogP contribution in [-0.4, -0.2) is 83.3 Å². The van der Waals surface area contributed by atoms with Crippen LogP contribution in [0.15, 0.2) is 36.5 Å². The van der Waals surface area contributed by atoms with Gasteiger partial charge in [-0.05, 0) is 0 Å². The Morgan fingerprint density at radius 2 is 1.82 bits per heavy atom. The summed E-state index contributed by atoms with van der Waals surface area (Å²) < 4.78 is 12.9. The molecular formula is C26H30AsClN6O4. The Kier molecular flexibility index (Phi) is 9.09. The number of fused-ring (bicyclic) bond motifs is 1. The number of ether oxygens (including phenoxy) is 2. The second-order valence-corrected chi connectivity index (χ2v) is 11.7. The van der Waals surface area contributed by atoms with E-state index in [1.165, 1.54) is 18.2 Å². The molecule has 0 spiro atoms. The Hall–Kier alpha value is -3.33. The minimum absolute atomic E-state index is 0.0177. The van der Waals surface area contributed by atoms with Crippen molar-refractivity contribution in [2.24, 2.45) is 5.73 Å². The summed E-state index contributed by atoms with van der Waals surface area (Å²) in [5.41, 5.74) is 8.77. The summed E-state index contributed by atoms with van der Waals surface area (Å²) in [6, 6.07) is 9.14. The first-order chi connectivity index (χ1) is 18.3. The van der Waals surface area contributed by atoms with Crippen molar-refractivity contribution in [3.8, 4) is 11.5 Å². The summed E-state index contributed by atoms with van der Waals surface area (Å²) in [6.45, 7) is 2.02. The van der Waals surface area contributed by atoms with Crippen LogP contribution in [0.4, 0.5) is 11.5 Å². The SMILES string of the molecule is CNC(=O)CN1CCc2cc(OC)c([AsH]c3ncc(Cl)c(Nc4cc(C(N)=O)ccc4OC)n3)cc2CC1. The van der Waals surface area contributed by atoms with Crippen LogP contribution in [0, 0.1) is 0 Å². The van der Waals surface area contributed by atoms with Gasteiger partial charge < -0.3 is 0 Å². The number of primary amides is 1. The third-order valence-corrected chi connectivity index (χ3v) is 8.93. The van der Waals surface area contributed by atoms with Crippen LogP contribution in [0.1, 0.15) is 21.5 Å². The number of nitrogens with two attached hydrogens (primary N) is 1. The fourth-order valence-corrected chi connectivity index (χ4v) is 6.64. The molecule has 1 atom stereocenters. The van der Waals surface area contributed by atoms with Gasteiger partial charge in [0.2, 0.25) is 0 Å². The van der Waals surface area contributed by atoms with Crippen molar-refractivity contribution in [2.45, 2.75) is 12.8 Å². The standard InChI is InChI=1S/C26H30AsClN6O4/c1-30-23(35)14-34-8-6-15-10-18(22(38-3)12-16(15)7-9-34)27-26-31-13-19(28)25(33-26)32-20-11-17(24(29)36)4-5-21(20)37-2/h4-5,10-13,27H,6-9,14H2,1-3H3,(H2,29,36)(H,30,35)(H,31,32,33). The van der Waals surface area contributed by atoms with Crippen LogP contribution >= 0.6 is 11.6 Å². The molecule has 38 heavy (non-hydrogen) atoms. The van der Waals surface area contributed by atoms with E-state index in [0.29, 0.717) is 39.0 Å². The maximum atomic E-state index is 11.8. The Labute approximate surface area is 232 Å². The monoisotopic (exact) mass is 600 g/mol. The number of nitrogens with zero attached hydrogens (tertiary/aromatic N) is 3. The number of nitrogens with one attached hydrogen (secondary N) is 2. The van der Waals surface area contributed by atoms with Crippen molar-refractivity contribution < 1.29 is 19.1 Å². The maximum absolute atomic E-state index is 11.8. The van der Waals surface area contributed by atoms with Crippen molar-refractivity contribution in [3.63, 3.8) is 0 Å². The van der Waals surface area contributed by atoms with E-state index >= 15 is 0 Å². The van der Waals surface area contributed by atoms with Gasteiger partial charge in [0, 0.05) is 0 Å². The van der Waals surface area contributed by atoms with Crippen molar-refractivity contribution in [3.05, 3.63) is 58.2 Å². The van der Waals surface area contributed by atoms with Crippen LogP contribution in [-0.2, 0) is 17.6 Å². The molecule has 1 unspecified atom stereocenters. The quantitative estimate of drug-likeness (QED) is 0.303. The normalized spacial score (nSPS) is 13.6. The molecule has 2 amide bonds. The van der Waals surface area contributed by atoms with Crippen molar-refractivity contribution >= 4 is 59.6 Å². The number of hydrogen-bond donors (Lipinski definition) is 3. The molecular weight excluding hydrogens is 571 g/mol. The van der Waals surface area contributed by atoms with Crippen LogP contribution < -0.4 is 34.8 Å². The molecule has 12 heteroatoms. The van der Waals surface area contributed by atoms with Crippen LogP contribution in [0.5, 0.6) is 11.5 Å². The van der Waals surface area contributed by atoms with E-state index in [0.717, 1.165) is 36.0 Å². The van der Waals surface area contributed by atoms with E-state index in [1.807, 2.05) is 0 Å². The third-order valence-electron chi connectivity index (χ3n) is 6.29.